The van der Waals surface area contributed by atoms with Crippen molar-refractivity contribution in [2.24, 2.45) is 17.2 Å². The number of rotatable bonds is 20. The number of benzene rings is 2. The molecule has 79 heavy (non-hydrogen) atoms. The summed E-state index contributed by atoms with van der Waals surface area (Å²) in [6, 6.07) is 6.22. The highest BCUT2D eigenvalue weighted by Gasteiger charge is 2.35. The summed E-state index contributed by atoms with van der Waals surface area (Å²) in [5, 5.41) is 45.1. The van der Waals surface area contributed by atoms with Crippen LogP contribution in [0.15, 0.2) is 60.8 Å². The van der Waals surface area contributed by atoms with E-state index < -0.39 is 102 Å². The highest BCUT2D eigenvalue weighted by Crippen LogP contribution is 2.20. The van der Waals surface area contributed by atoms with Crippen LogP contribution in [0.5, 0.6) is 0 Å². The predicted octanol–water partition coefficient (Wildman–Crippen LogP) is -2.62. The molecule has 1 saturated heterocycles. The summed E-state index contributed by atoms with van der Waals surface area (Å²) in [6.45, 7) is 2.91. The first-order chi connectivity index (χ1) is 37.7. The number of hydrogen-bond acceptors (Lipinski definition) is 12. The lowest BCUT2D eigenvalue weighted by Gasteiger charge is -2.28. The minimum absolute atomic E-state index is 0.0228. The molecule has 0 unspecified atom stereocenters. The molecule has 2 aromatic carbocycles. The standard InChI is InChI=1S/C52H77N17O10/c1-30(70)58-23-11-20-38-46(75)67-40(26-32-14-5-3-6-15-32)48(77)65-39(21-13-25-61-52(56)57)47(76)68-41(27-33-29-62-35-17-9-8-16-34(33)35)49(78)64-36(44(53)73)18-7-4-10-22-59-43(72)28-42(50(79)66-38)69-45(74)37(63-31(2)71)19-12-24-60-51(54)55/h3,5-6,8-9,14-17,29,36-42,62H,4,7,10-13,18-28H2,1-2H3,(H2,53,73)(H,58,70)(H,59,72)(H,63,71)(H,64,78)(H,65,77)(H,66,79)(H,67,75)(H,68,76)(H,69,74)(H4,54,55,60)(H4,56,57,61)/t36-,37-,38-,39-,40+,41-,42-/m0/s1. The van der Waals surface area contributed by atoms with Gasteiger partial charge >= 0.3 is 0 Å². The second kappa shape index (κ2) is 32.7. The van der Waals surface area contributed by atoms with Crippen LogP contribution >= 0.6 is 0 Å². The Hall–Kier alpha value is -8.78. The van der Waals surface area contributed by atoms with Gasteiger partial charge in [0.05, 0.1) is 6.42 Å². The Morgan fingerprint density at radius 2 is 1.19 bits per heavy atom. The fourth-order valence-corrected chi connectivity index (χ4v) is 8.73. The maximum atomic E-state index is 14.7. The number of nitrogens with one attached hydrogen (secondary N) is 14. The molecule has 0 saturated carbocycles. The molecule has 2 heterocycles. The van der Waals surface area contributed by atoms with Crippen LogP contribution < -0.4 is 75.7 Å². The molecule has 20 N–H and O–H groups in total. The van der Waals surface area contributed by atoms with Gasteiger partial charge in [-0.15, -0.1) is 0 Å². The minimum Gasteiger partial charge on any atom is -0.370 e. The highest BCUT2D eigenvalue weighted by atomic mass is 16.2. The van der Waals surface area contributed by atoms with Gasteiger partial charge in [0.25, 0.3) is 0 Å². The molecular formula is C52H77N17O10. The Bertz CT molecular complexity index is 2610. The van der Waals surface area contributed by atoms with Crippen molar-refractivity contribution in [1.29, 1.82) is 10.8 Å². The second-order valence-corrected chi connectivity index (χ2v) is 19.3. The summed E-state index contributed by atoms with van der Waals surface area (Å²) in [6.07, 6.45) is 2.39. The van der Waals surface area contributed by atoms with Crippen molar-refractivity contribution in [2.75, 3.05) is 26.2 Å². The van der Waals surface area contributed by atoms with E-state index >= 15 is 0 Å². The van der Waals surface area contributed by atoms with Gasteiger partial charge in [0.15, 0.2) is 11.9 Å². The fraction of sp³-hybridized carbons (Fsp3) is 0.500. The Kier molecular flexibility index (Phi) is 26.0. The number of carbonyl (C=O) groups excluding carboxylic acids is 10. The van der Waals surface area contributed by atoms with E-state index in [1.165, 1.54) is 13.8 Å². The van der Waals surface area contributed by atoms with Gasteiger partial charge in [0, 0.05) is 70.0 Å². The van der Waals surface area contributed by atoms with Gasteiger partial charge in [-0.25, -0.2) is 0 Å². The maximum Gasteiger partial charge on any atom is 0.243 e. The minimum atomic E-state index is -1.64. The molecule has 1 fully saturated rings. The molecular weight excluding hydrogens is 1020 g/mol. The van der Waals surface area contributed by atoms with E-state index in [2.05, 4.69) is 63.5 Å². The summed E-state index contributed by atoms with van der Waals surface area (Å²) in [5.41, 5.74) is 18.7. The van der Waals surface area contributed by atoms with E-state index in [0.29, 0.717) is 30.4 Å². The van der Waals surface area contributed by atoms with E-state index in [1.807, 2.05) is 24.3 Å². The van der Waals surface area contributed by atoms with Gasteiger partial charge in [-0.3, -0.25) is 58.8 Å². The summed E-state index contributed by atoms with van der Waals surface area (Å²) >= 11 is 0. The number of fused-ring (bicyclic) bond motifs is 1. The molecule has 1 aromatic heterocycles. The number of amides is 10. The number of para-hydroxylation sites is 1. The number of aromatic nitrogens is 1. The molecule has 1 aliphatic heterocycles. The monoisotopic (exact) mass is 1100 g/mol. The molecule has 0 spiro atoms. The van der Waals surface area contributed by atoms with Gasteiger partial charge < -0.3 is 80.7 Å². The van der Waals surface area contributed by atoms with Gasteiger partial charge in [0.1, 0.15) is 42.3 Å². The van der Waals surface area contributed by atoms with Gasteiger partial charge in [-0.2, -0.15) is 0 Å². The zero-order chi connectivity index (χ0) is 57.9. The molecule has 0 aliphatic carbocycles. The van der Waals surface area contributed by atoms with Crippen LogP contribution in [0, 0.1) is 10.8 Å². The quantitative estimate of drug-likeness (QED) is 0.0313. The summed E-state index contributed by atoms with van der Waals surface area (Å²) in [7, 11) is 0. The van der Waals surface area contributed by atoms with Crippen LogP contribution in [0.1, 0.15) is 95.6 Å². The van der Waals surface area contributed by atoms with Crippen molar-refractivity contribution in [3.63, 3.8) is 0 Å². The zero-order valence-corrected chi connectivity index (χ0v) is 44.7. The SMILES string of the molecule is CC(=O)NCCC[C@@H]1NC(=O)[C@@H](NC(=O)[C@H](CCCNC(=N)N)NC(C)=O)CC(=O)NCCCCC[C@@H](C(N)=O)NC(=O)[C@H](Cc2c[nH]c3ccccc23)NC(=O)[C@H](CCCNC(=N)N)NC(=O)[C@@H](Cc2ccccc2)NC1=O. The third-order valence-electron chi connectivity index (χ3n) is 12.8. The van der Waals surface area contributed by atoms with Crippen molar-refractivity contribution >= 4 is 81.9 Å². The lowest BCUT2D eigenvalue weighted by atomic mass is 10.0. The van der Waals surface area contributed by atoms with Gasteiger partial charge in [-0.1, -0.05) is 61.4 Å². The third kappa shape index (κ3) is 22.8. The molecule has 7 atom stereocenters. The summed E-state index contributed by atoms with van der Waals surface area (Å²) < 4.78 is 0. The number of hydrogen-bond donors (Lipinski definition) is 17. The Balaban J connectivity index is 1.78. The molecule has 4 rings (SSSR count). The van der Waals surface area contributed by atoms with E-state index in [9.17, 15) is 47.9 Å². The number of guanidine groups is 2. The van der Waals surface area contributed by atoms with Crippen molar-refractivity contribution in [3.8, 4) is 0 Å². The topological polar surface area (TPSA) is 445 Å². The average molecular weight is 1100 g/mol. The molecule has 10 amide bonds. The number of carbonyl (C=O) groups is 10. The third-order valence-corrected chi connectivity index (χ3v) is 12.8. The molecule has 1 aliphatic rings. The molecule has 27 heteroatoms. The first-order valence-electron chi connectivity index (χ1n) is 26.3. The number of nitrogens with two attached hydrogens (primary N) is 3. The van der Waals surface area contributed by atoms with Gasteiger partial charge in [0.2, 0.25) is 59.1 Å². The molecule has 0 bridgehead atoms. The van der Waals surface area contributed by atoms with E-state index in [-0.39, 0.29) is 102 Å². The Labute approximate surface area is 457 Å². The van der Waals surface area contributed by atoms with Crippen molar-refractivity contribution < 1.29 is 47.9 Å². The predicted molar refractivity (Wildman–Crippen MR) is 293 cm³/mol. The largest absolute Gasteiger partial charge is 0.370 e. The summed E-state index contributed by atoms with van der Waals surface area (Å²) in [4.78, 5) is 140. The second-order valence-electron chi connectivity index (χ2n) is 19.3. The maximum absolute atomic E-state index is 14.7. The molecule has 0 radical (unpaired) electrons. The smallest absolute Gasteiger partial charge is 0.243 e. The lowest BCUT2D eigenvalue weighted by molar-refractivity contribution is -0.136. The Morgan fingerprint density at radius 3 is 1.81 bits per heavy atom. The normalized spacial score (nSPS) is 20.7. The van der Waals surface area contributed by atoms with Crippen LogP contribution in [0.3, 0.4) is 0 Å². The van der Waals surface area contributed by atoms with Crippen molar-refractivity contribution in [3.05, 3.63) is 71.9 Å². The molecule has 27 nitrogen and oxygen atoms in total. The van der Waals surface area contributed by atoms with Crippen molar-refractivity contribution in [2.45, 2.75) is 140 Å². The average Bonchev–Trinajstić information content (AvgIpc) is 3.82. The molecule has 3 aromatic rings. The Morgan fingerprint density at radius 1 is 0.633 bits per heavy atom. The van der Waals surface area contributed by atoms with Gasteiger partial charge in [-0.05, 0) is 68.6 Å². The highest BCUT2D eigenvalue weighted by molar-refractivity contribution is 5.99. The van der Waals surface area contributed by atoms with E-state index in [1.54, 1.807) is 36.5 Å². The lowest BCUT2D eigenvalue weighted by Crippen LogP contribution is -2.60. The van der Waals surface area contributed by atoms with E-state index in [0.717, 1.165) is 10.9 Å². The van der Waals surface area contributed by atoms with Crippen LogP contribution in [0.4, 0.5) is 0 Å². The summed E-state index contributed by atoms with van der Waals surface area (Å²) in [5.74, 6) is -8.25. The van der Waals surface area contributed by atoms with Crippen LogP contribution in [0.25, 0.3) is 10.9 Å². The van der Waals surface area contributed by atoms with Crippen LogP contribution in [-0.2, 0) is 60.8 Å². The van der Waals surface area contributed by atoms with E-state index in [4.69, 9.17) is 28.0 Å². The van der Waals surface area contributed by atoms with Crippen LogP contribution in [-0.4, -0.2) is 144 Å². The fourth-order valence-electron chi connectivity index (χ4n) is 8.73. The first-order valence-corrected chi connectivity index (χ1v) is 26.3. The number of primary amides is 1. The number of aromatic amines is 1. The van der Waals surface area contributed by atoms with Crippen molar-refractivity contribution in [1.82, 2.24) is 63.5 Å². The van der Waals surface area contributed by atoms with Crippen LogP contribution in [0.2, 0.25) is 0 Å². The number of H-pyrrole nitrogens is 1. The first kappa shape index (κ1) is 62.8. The zero-order valence-electron chi connectivity index (χ0n) is 44.7. The molecule has 430 valence electrons.